The standard InChI is InChI=1S/C14H10FN3O2/c15-9-6-4-8(5-7-9)12-13(20-18-14(12)16)10-2-1-3-11(19)17-10/h1-7H,(H2,16,18)(H,17,19). The van der Waals surface area contributed by atoms with Crippen molar-refractivity contribution in [3.63, 3.8) is 0 Å². The molecule has 2 aromatic heterocycles. The molecule has 0 saturated heterocycles. The van der Waals surface area contributed by atoms with Crippen LogP contribution in [0.15, 0.2) is 51.8 Å². The highest BCUT2D eigenvalue weighted by atomic mass is 19.1. The number of anilines is 1. The average Bonchev–Trinajstić information content (AvgIpc) is 2.82. The summed E-state index contributed by atoms with van der Waals surface area (Å²) in [5, 5.41) is 3.71. The first-order chi connectivity index (χ1) is 9.65. The molecule has 0 fully saturated rings. The monoisotopic (exact) mass is 271 g/mol. The van der Waals surface area contributed by atoms with E-state index in [0.29, 0.717) is 22.6 Å². The molecule has 100 valence electrons. The minimum absolute atomic E-state index is 0.177. The maximum absolute atomic E-state index is 13.0. The SMILES string of the molecule is Nc1noc(-c2cccc(=O)[nH]2)c1-c1ccc(F)cc1. The van der Waals surface area contributed by atoms with Crippen molar-refractivity contribution in [1.29, 1.82) is 0 Å². The summed E-state index contributed by atoms with van der Waals surface area (Å²) in [6.07, 6.45) is 0. The number of rotatable bonds is 2. The molecule has 5 nitrogen and oxygen atoms in total. The molecule has 0 radical (unpaired) electrons. The highest BCUT2D eigenvalue weighted by Gasteiger charge is 2.18. The van der Waals surface area contributed by atoms with Gasteiger partial charge < -0.3 is 15.2 Å². The molecule has 3 rings (SSSR count). The molecule has 3 N–H and O–H groups in total. The Labute approximate surface area is 112 Å². The maximum Gasteiger partial charge on any atom is 0.248 e. The van der Waals surface area contributed by atoms with Gasteiger partial charge in [0.2, 0.25) is 5.56 Å². The predicted molar refractivity (Wildman–Crippen MR) is 72.4 cm³/mol. The van der Waals surface area contributed by atoms with Crippen molar-refractivity contribution in [2.24, 2.45) is 0 Å². The molecule has 1 aromatic carbocycles. The first-order valence-electron chi connectivity index (χ1n) is 5.86. The largest absolute Gasteiger partial charge is 0.380 e. The molecule has 3 aromatic rings. The van der Waals surface area contributed by atoms with Crippen molar-refractivity contribution in [2.45, 2.75) is 0 Å². The first kappa shape index (κ1) is 12.2. The number of hydrogen-bond acceptors (Lipinski definition) is 4. The number of hydrogen-bond donors (Lipinski definition) is 2. The Balaban J connectivity index is 2.19. The minimum atomic E-state index is -0.349. The van der Waals surface area contributed by atoms with E-state index in [4.69, 9.17) is 10.3 Å². The van der Waals surface area contributed by atoms with Gasteiger partial charge in [-0.1, -0.05) is 23.4 Å². The highest BCUT2D eigenvalue weighted by Crippen LogP contribution is 2.35. The Kier molecular flexibility index (Phi) is 2.83. The summed E-state index contributed by atoms with van der Waals surface area (Å²) in [7, 11) is 0. The summed E-state index contributed by atoms with van der Waals surface area (Å²) in [5.74, 6) is 0.168. The van der Waals surface area contributed by atoms with Crippen LogP contribution in [0.2, 0.25) is 0 Å². The van der Waals surface area contributed by atoms with Gasteiger partial charge in [0.25, 0.3) is 0 Å². The molecule has 0 aliphatic carbocycles. The zero-order chi connectivity index (χ0) is 14.1. The molecular formula is C14H10FN3O2. The second kappa shape index (κ2) is 4.65. The van der Waals surface area contributed by atoms with Gasteiger partial charge in [-0.05, 0) is 23.8 Å². The number of pyridine rings is 1. The number of H-pyrrole nitrogens is 1. The summed E-state index contributed by atoms with van der Waals surface area (Å²) >= 11 is 0. The lowest BCUT2D eigenvalue weighted by atomic mass is 10.0. The van der Waals surface area contributed by atoms with Gasteiger partial charge in [0.1, 0.15) is 5.82 Å². The Morgan fingerprint density at radius 2 is 1.90 bits per heavy atom. The lowest BCUT2D eigenvalue weighted by Crippen LogP contribution is -2.03. The zero-order valence-corrected chi connectivity index (χ0v) is 10.3. The number of aromatic nitrogens is 2. The minimum Gasteiger partial charge on any atom is -0.380 e. The number of aromatic amines is 1. The van der Waals surface area contributed by atoms with Crippen molar-refractivity contribution in [2.75, 3.05) is 5.73 Å². The molecule has 0 aliphatic heterocycles. The first-order valence-corrected chi connectivity index (χ1v) is 5.86. The van der Waals surface area contributed by atoms with Crippen molar-refractivity contribution >= 4 is 5.82 Å². The van der Waals surface area contributed by atoms with Crippen molar-refractivity contribution in [3.8, 4) is 22.6 Å². The van der Waals surface area contributed by atoms with Crippen LogP contribution in [0.25, 0.3) is 22.6 Å². The van der Waals surface area contributed by atoms with Gasteiger partial charge in [-0.15, -0.1) is 0 Å². The molecule has 0 unspecified atom stereocenters. The normalized spacial score (nSPS) is 10.7. The van der Waals surface area contributed by atoms with Gasteiger partial charge in [0.05, 0.1) is 11.3 Å². The van der Waals surface area contributed by atoms with E-state index in [1.165, 1.54) is 18.2 Å². The summed E-state index contributed by atoms with van der Waals surface area (Å²) < 4.78 is 18.2. The van der Waals surface area contributed by atoms with Crippen LogP contribution in [-0.2, 0) is 0 Å². The van der Waals surface area contributed by atoms with E-state index in [2.05, 4.69) is 10.1 Å². The van der Waals surface area contributed by atoms with Crippen molar-refractivity contribution in [3.05, 3.63) is 58.6 Å². The Bertz CT molecular complexity index is 806. The third-order valence-corrected chi connectivity index (χ3v) is 2.86. The van der Waals surface area contributed by atoms with Gasteiger partial charge in [0, 0.05) is 6.07 Å². The molecule has 20 heavy (non-hydrogen) atoms. The Morgan fingerprint density at radius 3 is 2.60 bits per heavy atom. The summed E-state index contributed by atoms with van der Waals surface area (Å²) in [6, 6.07) is 10.4. The van der Waals surface area contributed by atoms with E-state index < -0.39 is 0 Å². The second-order valence-electron chi connectivity index (χ2n) is 4.21. The molecule has 0 bridgehead atoms. The molecule has 6 heteroatoms. The average molecular weight is 271 g/mol. The second-order valence-corrected chi connectivity index (χ2v) is 4.21. The topological polar surface area (TPSA) is 84.9 Å². The number of benzene rings is 1. The Hall–Kier alpha value is -2.89. The molecular weight excluding hydrogens is 261 g/mol. The fraction of sp³-hybridized carbons (Fsp3) is 0. The van der Waals surface area contributed by atoms with E-state index in [9.17, 15) is 9.18 Å². The van der Waals surface area contributed by atoms with Gasteiger partial charge in [-0.3, -0.25) is 4.79 Å². The summed E-state index contributed by atoms with van der Waals surface area (Å²) in [4.78, 5) is 14.0. The smallest absolute Gasteiger partial charge is 0.248 e. The van der Waals surface area contributed by atoms with Crippen LogP contribution < -0.4 is 11.3 Å². The highest BCUT2D eigenvalue weighted by molar-refractivity contribution is 5.85. The van der Waals surface area contributed by atoms with Crippen LogP contribution in [0.5, 0.6) is 0 Å². The molecule has 0 atom stereocenters. The van der Waals surface area contributed by atoms with Crippen LogP contribution in [-0.4, -0.2) is 10.1 Å². The van der Waals surface area contributed by atoms with Crippen LogP contribution in [0, 0.1) is 5.82 Å². The fourth-order valence-electron chi connectivity index (χ4n) is 1.96. The molecule has 0 amide bonds. The van der Waals surface area contributed by atoms with Crippen LogP contribution in [0.3, 0.4) is 0 Å². The molecule has 2 heterocycles. The summed E-state index contributed by atoms with van der Waals surface area (Å²) in [6.45, 7) is 0. The lowest BCUT2D eigenvalue weighted by molar-refractivity contribution is 0.434. The van der Waals surface area contributed by atoms with Gasteiger partial charge in [0.15, 0.2) is 11.6 Å². The van der Waals surface area contributed by atoms with Crippen LogP contribution in [0.4, 0.5) is 10.2 Å². The molecule has 0 aliphatic rings. The van der Waals surface area contributed by atoms with Gasteiger partial charge in [-0.25, -0.2) is 4.39 Å². The number of nitrogens with one attached hydrogen (secondary N) is 1. The number of halogens is 1. The van der Waals surface area contributed by atoms with Gasteiger partial charge >= 0.3 is 0 Å². The van der Waals surface area contributed by atoms with E-state index in [0.717, 1.165) is 0 Å². The van der Waals surface area contributed by atoms with E-state index in [1.807, 2.05) is 0 Å². The Morgan fingerprint density at radius 1 is 1.15 bits per heavy atom. The quantitative estimate of drug-likeness (QED) is 0.749. The number of nitrogens with zero attached hydrogens (tertiary/aromatic N) is 1. The van der Waals surface area contributed by atoms with Crippen molar-refractivity contribution in [1.82, 2.24) is 10.1 Å². The summed E-state index contributed by atoms with van der Waals surface area (Å²) in [5.41, 5.74) is 7.17. The van der Waals surface area contributed by atoms with E-state index in [1.54, 1.807) is 24.3 Å². The molecule has 0 saturated carbocycles. The van der Waals surface area contributed by atoms with E-state index >= 15 is 0 Å². The lowest BCUT2D eigenvalue weighted by Gasteiger charge is -2.02. The fourth-order valence-corrected chi connectivity index (χ4v) is 1.96. The van der Waals surface area contributed by atoms with Crippen LogP contribution in [0.1, 0.15) is 0 Å². The maximum atomic E-state index is 13.0. The molecule has 0 spiro atoms. The number of nitrogen functional groups attached to an aromatic ring is 1. The number of nitrogens with two attached hydrogens (primary N) is 1. The van der Waals surface area contributed by atoms with Gasteiger partial charge in [-0.2, -0.15) is 0 Å². The van der Waals surface area contributed by atoms with E-state index in [-0.39, 0.29) is 17.2 Å². The van der Waals surface area contributed by atoms with Crippen molar-refractivity contribution < 1.29 is 8.91 Å². The third kappa shape index (κ3) is 2.07. The predicted octanol–water partition coefficient (Wildman–Crippen LogP) is 2.42. The van der Waals surface area contributed by atoms with Crippen LogP contribution >= 0.6 is 0 Å². The zero-order valence-electron chi connectivity index (χ0n) is 10.3. The third-order valence-electron chi connectivity index (χ3n) is 2.86.